The molecule has 2 aliphatic rings. The van der Waals surface area contributed by atoms with Crippen LogP contribution in [-0.2, 0) is 6.54 Å². The zero-order valence-corrected chi connectivity index (χ0v) is 15.0. The number of rotatable bonds is 5. The highest BCUT2D eigenvalue weighted by Gasteiger charge is 2.27. The van der Waals surface area contributed by atoms with Crippen LogP contribution in [0.25, 0.3) is 0 Å². The van der Waals surface area contributed by atoms with Gasteiger partial charge in [-0.1, -0.05) is 6.42 Å². The lowest BCUT2D eigenvalue weighted by Gasteiger charge is -2.27. The fourth-order valence-corrected chi connectivity index (χ4v) is 4.04. The Bertz CT molecular complexity index is 695. The van der Waals surface area contributed by atoms with Gasteiger partial charge in [0.2, 0.25) is 5.88 Å². The van der Waals surface area contributed by atoms with E-state index in [2.05, 4.69) is 32.6 Å². The molecule has 25 heavy (non-hydrogen) atoms. The highest BCUT2D eigenvalue weighted by Crippen LogP contribution is 2.27. The third-order valence-corrected chi connectivity index (χ3v) is 5.44. The van der Waals surface area contributed by atoms with Crippen molar-refractivity contribution in [3.8, 4) is 5.88 Å². The fourth-order valence-electron chi connectivity index (χ4n) is 4.04. The highest BCUT2D eigenvalue weighted by atomic mass is 16.5. The van der Waals surface area contributed by atoms with Gasteiger partial charge in [0.1, 0.15) is 11.9 Å². The van der Waals surface area contributed by atoms with Gasteiger partial charge in [0.25, 0.3) is 0 Å². The van der Waals surface area contributed by atoms with E-state index in [0.717, 1.165) is 37.6 Å². The van der Waals surface area contributed by atoms with Gasteiger partial charge >= 0.3 is 0 Å². The molecule has 1 aliphatic carbocycles. The molecule has 6 nitrogen and oxygen atoms in total. The molecule has 2 fully saturated rings. The minimum absolute atomic E-state index is 0.307. The summed E-state index contributed by atoms with van der Waals surface area (Å²) in [5.41, 5.74) is 0. The predicted octanol–water partition coefficient (Wildman–Crippen LogP) is 3.36. The number of nitrogens with zero attached hydrogens (tertiary/aromatic N) is 5. The van der Waals surface area contributed by atoms with Gasteiger partial charge in [-0.05, 0) is 45.4 Å². The molecular weight excluding hydrogens is 314 g/mol. The number of imidazole rings is 1. The zero-order valence-electron chi connectivity index (χ0n) is 15.0. The predicted molar refractivity (Wildman–Crippen MR) is 96.9 cm³/mol. The van der Waals surface area contributed by atoms with Crippen molar-refractivity contribution in [1.29, 1.82) is 0 Å². The number of hydrogen-bond donors (Lipinski definition) is 0. The van der Waals surface area contributed by atoms with Crippen LogP contribution in [0.4, 0.5) is 5.82 Å². The first kappa shape index (κ1) is 16.4. The van der Waals surface area contributed by atoms with Gasteiger partial charge in [-0.3, -0.25) is 4.98 Å². The van der Waals surface area contributed by atoms with E-state index >= 15 is 0 Å². The van der Waals surface area contributed by atoms with Crippen molar-refractivity contribution < 1.29 is 4.74 Å². The normalized spacial score (nSPS) is 21.6. The lowest BCUT2D eigenvalue weighted by atomic mass is 9.98. The van der Waals surface area contributed by atoms with Crippen molar-refractivity contribution in [1.82, 2.24) is 19.5 Å². The molecule has 6 heteroatoms. The van der Waals surface area contributed by atoms with Crippen molar-refractivity contribution in [3.05, 3.63) is 30.6 Å². The average molecular weight is 341 g/mol. The van der Waals surface area contributed by atoms with Gasteiger partial charge < -0.3 is 14.2 Å². The molecule has 0 bridgehead atoms. The van der Waals surface area contributed by atoms with Gasteiger partial charge in [-0.15, -0.1) is 0 Å². The van der Waals surface area contributed by atoms with Gasteiger partial charge in [-0.25, -0.2) is 4.98 Å². The van der Waals surface area contributed by atoms with Crippen molar-refractivity contribution in [2.24, 2.45) is 0 Å². The second-order valence-corrected chi connectivity index (χ2v) is 7.21. The number of aromatic nitrogens is 4. The molecule has 0 aromatic carbocycles. The molecule has 1 saturated heterocycles. The SMILES string of the molecule is Cc1nccn1CC1CCCN1c1cncc(OC2CCCCC2)n1. The summed E-state index contributed by atoms with van der Waals surface area (Å²) >= 11 is 0. The second-order valence-electron chi connectivity index (χ2n) is 7.21. The Kier molecular flexibility index (Phi) is 4.85. The summed E-state index contributed by atoms with van der Waals surface area (Å²) in [6, 6.07) is 0.437. The first-order chi connectivity index (χ1) is 12.3. The Hall–Kier alpha value is -2.11. The van der Waals surface area contributed by atoms with Crippen LogP contribution in [0.3, 0.4) is 0 Å². The topological polar surface area (TPSA) is 56.1 Å². The Morgan fingerprint density at radius 3 is 2.80 bits per heavy atom. The first-order valence-corrected chi connectivity index (χ1v) is 9.52. The number of anilines is 1. The number of ether oxygens (including phenoxy) is 1. The molecule has 2 aromatic rings. The van der Waals surface area contributed by atoms with E-state index in [1.54, 1.807) is 6.20 Å². The maximum atomic E-state index is 6.10. The lowest BCUT2D eigenvalue weighted by Crippen LogP contribution is -2.34. The van der Waals surface area contributed by atoms with Crippen LogP contribution < -0.4 is 9.64 Å². The fraction of sp³-hybridized carbons (Fsp3) is 0.632. The van der Waals surface area contributed by atoms with Gasteiger partial charge in [-0.2, -0.15) is 4.98 Å². The smallest absolute Gasteiger partial charge is 0.234 e. The molecule has 4 rings (SSSR count). The van der Waals surface area contributed by atoms with Crippen molar-refractivity contribution in [3.63, 3.8) is 0 Å². The molecule has 0 amide bonds. The van der Waals surface area contributed by atoms with E-state index in [-0.39, 0.29) is 0 Å². The third-order valence-electron chi connectivity index (χ3n) is 5.44. The Labute approximate surface area is 149 Å². The molecule has 134 valence electrons. The maximum Gasteiger partial charge on any atom is 0.234 e. The molecule has 1 aliphatic heterocycles. The quantitative estimate of drug-likeness (QED) is 0.834. The minimum Gasteiger partial charge on any atom is -0.473 e. The molecule has 3 heterocycles. The Morgan fingerprint density at radius 2 is 2.00 bits per heavy atom. The summed E-state index contributed by atoms with van der Waals surface area (Å²) in [4.78, 5) is 15.9. The molecule has 1 atom stereocenters. The van der Waals surface area contributed by atoms with Crippen LogP contribution >= 0.6 is 0 Å². The van der Waals surface area contributed by atoms with E-state index in [1.807, 2.05) is 12.4 Å². The first-order valence-electron chi connectivity index (χ1n) is 9.52. The highest BCUT2D eigenvalue weighted by molar-refractivity contribution is 5.40. The van der Waals surface area contributed by atoms with Crippen LogP contribution in [-0.4, -0.2) is 38.2 Å². The lowest BCUT2D eigenvalue weighted by molar-refractivity contribution is 0.148. The van der Waals surface area contributed by atoms with Crippen LogP contribution in [0.15, 0.2) is 24.8 Å². The van der Waals surface area contributed by atoms with Gasteiger partial charge in [0.05, 0.1) is 12.4 Å². The van der Waals surface area contributed by atoms with Crippen LogP contribution in [0.5, 0.6) is 5.88 Å². The number of aryl methyl sites for hydroxylation is 1. The molecule has 1 saturated carbocycles. The standard InChI is InChI=1S/C19H27N5O/c1-15-21-9-11-23(15)14-16-6-5-10-24(16)18-12-20-13-19(22-18)25-17-7-3-2-4-8-17/h9,11-13,16-17H,2-8,10,14H2,1H3. The molecule has 2 aromatic heterocycles. The monoisotopic (exact) mass is 341 g/mol. The third kappa shape index (κ3) is 3.78. The number of hydrogen-bond acceptors (Lipinski definition) is 5. The molecular formula is C19H27N5O. The van der Waals surface area contributed by atoms with Crippen LogP contribution in [0.1, 0.15) is 50.8 Å². The summed E-state index contributed by atoms with van der Waals surface area (Å²) in [5, 5.41) is 0. The van der Waals surface area contributed by atoms with E-state index in [9.17, 15) is 0 Å². The van der Waals surface area contributed by atoms with Crippen LogP contribution in [0, 0.1) is 6.92 Å². The molecule has 0 N–H and O–H groups in total. The van der Waals surface area contributed by atoms with Gasteiger partial charge in [0.15, 0.2) is 5.82 Å². The summed E-state index contributed by atoms with van der Waals surface area (Å²) in [6.07, 6.45) is 16.3. The summed E-state index contributed by atoms with van der Waals surface area (Å²) < 4.78 is 8.32. The minimum atomic E-state index is 0.307. The average Bonchev–Trinajstić information content (AvgIpc) is 3.26. The van der Waals surface area contributed by atoms with E-state index < -0.39 is 0 Å². The van der Waals surface area contributed by atoms with E-state index in [1.165, 1.54) is 32.1 Å². The summed E-state index contributed by atoms with van der Waals surface area (Å²) in [5.74, 6) is 2.68. The van der Waals surface area contributed by atoms with Crippen LogP contribution in [0.2, 0.25) is 0 Å². The zero-order chi connectivity index (χ0) is 17.1. The molecule has 0 radical (unpaired) electrons. The second kappa shape index (κ2) is 7.42. The molecule has 1 unspecified atom stereocenters. The molecule has 0 spiro atoms. The van der Waals surface area contributed by atoms with E-state index in [0.29, 0.717) is 18.0 Å². The maximum absolute atomic E-state index is 6.10. The Balaban J connectivity index is 1.46. The summed E-state index contributed by atoms with van der Waals surface area (Å²) in [6.45, 7) is 4.03. The summed E-state index contributed by atoms with van der Waals surface area (Å²) in [7, 11) is 0. The Morgan fingerprint density at radius 1 is 1.12 bits per heavy atom. The van der Waals surface area contributed by atoms with Crippen molar-refractivity contribution >= 4 is 5.82 Å². The van der Waals surface area contributed by atoms with Gasteiger partial charge in [0, 0.05) is 31.5 Å². The van der Waals surface area contributed by atoms with Crippen molar-refractivity contribution in [2.75, 3.05) is 11.4 Å². The largest absolute Gasteiger partial charge is 0.473 e. The van der Waals surface area contributed by atoms with Crippen molar-refractivity contribution in [2.45, 2.75) is 70.6 Å². The van der Waals surface area contributed by atoms with E-state index in [4.69, 9.17) is 9.72 Å².